The maximum absolute atomic E-state index is 13.4. The number of carbonyl (C=O) groups excluding carboxylic acids is 2. The first-order valence-electron chi connectivity index (χ1n) is 9.55. The maximum Gasteiger partial charge on any atom is 0.283 e. The van der Waals surface area contributed by atoms with Gasteiger partial charge in [-0.3, -0.25) is 9.59 Å². The fraction of sp³-hybridized carbons (Fsp3) is 0.0833. The van der Waals surface area contributed by atoms with Crippen molar-refractivity contribution < 1.29 is 9.59 Å². The van der Waals surface area contributed by atoms with Crippen molar-refractivity contribution in [1.29, 1.82) is 0 Å². The normalized spacial score (nSPS) is 13.9. The molecule has 0 spiro atoms. The molecule has 3 aromatic carbocycles. The van der Waals surface area contributed by atoms with Gasteiger partial charge in [0.05, 0.1) is 10.7 Å². The molecular formula is C24H19ClN2O2S. The largest absolute Gasteiger partial charge is 0.350 e. The van der Waals surface area contributed by atoms with Crippen LogP contribution in [0.25, 0.3) is 0 Å². The Balaban J connectivity index is 1.79. The number of hydrogen-bond acceptors (Lipinski definition) is 4. The highest BCUT2D eigenvalue weighted by atomic mass is 35.5. The lowest BCUT2D eigenvalue weighted by molar-refractivity contribution is -0.120. The van der Waals surface area contributed by atoms with Crippen LogP contribution in [-0.4, -0.2) is 11.8 Å². The van der Waals surface area contributed by atoms with Crippen molar-refractivity contribution in [3.05, 3.63) is 100 Å². The predicted octanol–water partition coefficient (Wildman–Crippen LogP) is 5.89. The van der Waals surface area contributed by atoms with Crippen molar-refractivity contribution in [2.45, 2.75) is 18.2 Å². The molecule has 1 heterocycles. The molecular weight excluding hydrogens is 416 g/mol. The molecule has 0 fully saturated rings. The highest BCUT2D eigenvalue weighted by Crippen LogP contribution is 2.39. The molecule has 0 bridgehead atoms. The summed E-state index contributed by atoms with van der Waals surface area (Å²) >= 11 is 7.58. The first kappa shape index (κ1) is 20.3. The van der Waals surface area contributed by atoms with Crippen molar-refractivity contribution >= 4 is 46.6 Å². The lowest BCUT2D eigenvalue weighted by Gasteiger charge is -2.17. The predicted molar refractivity (Wildman–Crippen MR) is 123 cm³/mol. The third-order valence-corrected chi connectivity index (χ3v) is 6.17. The van der Waals surface area contributed by atoms with Crippen molar-refractivity contribution in [1.82, 2.24) is 0 Å². The van der Waals surface area contributed by atoms with Crippen molar-refractivity contribution in [3.63, 3.8) is 0 Å². The Labute approximate surface area is 184 Å². The van der Waals surface area contributed by atoms with Gasteiger partial charge in [-0.2, -0.15) is 0 Å². The van der Waals surface area contributed by atoms with Gasteiger partial charge in [-0.1, -0.05) is 78.8 Å². The fourth-order valence-corrected chi connectivity index (χ4v) is 4.43. The standard InChI is InChI=1S/C24H19ClN2O2S/c1-2-16-10-6-8-14-19(16)26-21-22(30-17-11-4-3-5-12-17)24(29)27(23(21)28)20-15-9-7-13-18(20)25/h3-15,26H,2H2,1H3. The summed E-state index contributed by atoms with van der Waals surface area (Å²) in [5, 5.41) is 3.58. The molecule has 2 amide bonds. The molecule has 3 aromatic rings. The Hall–Kier alpha value is -3.02. The van der Waals surface area contributed by atoms with Gasteiger partial charge in [0.25, 0.3) is 11.8 Å². The van der Waals surface area contributed by atoms with Crippen LogP contribution in [0.1, 0.15) is 12.5 Å². The number of aryl methyl sites for hydroxylation is 1. The van der Waals surface area contributed by atoms with E-state index in [1.54, 1.807) is 24.3 Å². The quantitative estimate of drug-likeness (QED) is 0.491. The second-order valence-corrected chi connectivity index (χ2v) is 8.14. The molecule has 0 saturated heterocycles. The van der Waals surface area contributed by atoms with Crippen LogP contribution in [0.2, 0.25) is 5.02 Å². The number of imide groups is 1. The van der Waals surface area contributed by atoms with Gasteiger partial charge < -0.3 is 5.32 Å². The molecule has 0 atom stereocenters. The first-order chi connectivity index (χ1) is 14.6. The highest BCUT2D eigenvalue weighted by molar-refractivity contribution is 8.04. The number of hydrogen-bond donors (Lipinski definition) is 1. The van der Waals surface area contributed by atoms with Gasteiger partial charge in [0.15, 0.2) is 0 Å². The Kier molecular flexibility index (Phi) is 5.93. The van der Waals surface area contributed by atoms with Crippen LogP contribution in [0, 0.1) is 0 Å². The summed E-state index contributed by atoms with van der Waals surface area (Å²) < 4.78 is 0. The third-order valence-electron chi connectivity index (χ3n) is 4.76. The van der Waals surface area contributed by atoms with E-state index in [0.717, 1.165) is 27.5 Å². The van der Waals surface area contributed by atoms with Crippen LogP contribution in [0.5, 0.6) is 0 Å². The lowest BCUT2D eigenvalue weighted by Crippen LogP contribution is -2.32. The smallest absolute Gasteiger partial charge is 0.283 e. The number of benzene rings is 3. The number of thioether (sulfide) groups is 1. The molecule has 0 unspecified atom stereocenters. The van der Waals surface area contributed by atoms with Crippen molar-refractivity contribution in [2.75, 3.05) is 10.2 Å². The number of nitrogens with zero attached hydrogens (tertiary/aromatic N) is 1. The maximum atomic E-state index is 13.4. The Morgan fingerprint density at radius 3 is 2.27 bits per heavy atom. The van der Waals surface area contributed by atoms with E-state index in [9.17, 15) is 9.59 Å². The van der Waals surface area contributed by atoms with E-state index in [2.05, 4.69) is 5.32 Å². The van der Waals surface area contributed by atoms with Gasteiger partial charge >= 0.3 is 0 Å². The number of amides is 2. The summed E-state index contributed by atoms with van der Waals surface area (Å²) in [5.74, 6) is -0.809. The SMILES string of the molecule is CCc1ccccc1NC1=C(Sc2ccccc2)C(=O)N(c2ccccc2Cl)C1=O. The van der Waals surface area contributed by atoms with Crippen LogP contribution in [-0.2, 0) is 16.0 Å². The minimum atomic E-state index is -0.419. The van der Waals surface area contributed by atoms with Crippen LogP contribution < -0.4 is 10.2 Å². The second-order valence-electron chi connectivity index (χ2n) is 6.65. The molecule has 0 saturated carbocycles. The van der Waals surface area contributed by atoms with Crippen LogP contribution in [0.3, 0.4) is 0 Å². The van der Waals surface area contributed by atoms with E-state index in [1.807, 2.05) is 61.5 Å². The molecule has 150 valence electrons. The topological polar surface area (TPSA) is 49.4 Å². The molecule has 30 heavy (non-hydrogen) atoms. The molecule has 4 nitrogen and oxygen atoms in total. The monoisotopic (exact) mass is 434 g/mol. The van der Waals surface area contributed by atoms with E-state index in [-0.39, 0.29) is 5.70 Å². The molecule has 0 aliphatic carbocycles. The molecule has 0 radical (unpaired) electrons. The molecule has 0 aromatic heterocycles. The van der Waals surface area contributed by atoms with E-state index >= 15 is 0 Å². The molecule has 6 heteroatoms. The number of carbonyl (C=O) groups is 2. The summed E-state index contributed by atoms with van der Waals surface area (Å²) in [6.45, 7) is 2.05. The summed E-state index contributed by atoms with van der Waals surface area (Å²) in [6.07, 6.45) is 0.800. The zero-order valence-corrected chi connectivity index (χ0v) is 17.8. The molecule has 1 aliphatic heterocycles. The average Bonchev–Trinajstić information content (AvgIpc) is 2.99. The number of para-hydroxylation sites is 2. The van der Waals surface area contributed by atoms with E-state index in [1.165, 1.54) is 11.8 Å². The Morgan fingerprint density at radius 1 is 0.867 bits per heavy atom. The van der Waals surface area contributed by atoms with Crippen molar-refractivity contribution in [2.24, 2.45) is 0 Å². The summed E-state index contributed by atoms with van der Waals surface area (Å²) in [5.41, 5.74) is 2.50. The van der Waals surface area contributed by atoms with Crippen LogP contribution in [0.15, 0.2) is 94.4 Å². The Morgan fingerprint density at radius 2 is 1.53 bits per heavy atom. The van der Waals surface area contributed by atoms with E-state index in [4.69, 9.17) is 11.6 Å². The minimum Gasteiger partial charge on any atom is -0.350 e. The molecule has 1 N–H and O–H groups in total. The molecule has 1 aliphatic rings. The zero-order valence-electron chi connectivity index (χ0n) is 16.3. The highest BCUT2D eigenvalue weighted by Gasteiger charge is 2.41. The zero-order chi connectivity index (χ0) is 21.1. The van der Waals surface area contributed by atoms with Gasteiger partial charge in [0.1, 0.15) is 10.6 Å². The summed E-state index contributed by atoms with van der Waals surface area (Å²) in [7, 11) is 0. The van der Waals surface area contributed by atoms with Gasteiger partial charge in [-0.15, -0.1) is 0 Å². The van der Waals surface area contributed by atoms with Crippen LogP contribution >= 0.6 is 23.4 Å². The van der Waals surface area contributed by atoms with E-state index < -0.39 is 11.8 Å². The Bertz CT molecular complexity index is 1140. The van der Waals surface area contributed by atoms with Crippen LogP contribution in [0.4, 0.5) is 11.4 Å². The molecule has 4 rings (SSSR count). The number of nitrogens with one attached hydrogen (secondary N) is 1. The minimum absolute atomic E-state index is 0.259. The summed E-state index contributed by atoms with van der Waals surface area (Å²) in [6, 6.07) is 24.1. The lowest BCUT2D eigenvalue weighted by atomic mass is 10.1. The van der Waals surface area contributed by atoms with Gasteiger partial charge in [-0.05, 0) is 42.3 Å². The fourth-order valence-electron chi connectivity index (χ4n) is 3.26. The van der Waals surface area contributed by atoms with Gasteiger partial charge in [0.2, 0.25) is 0 Å². The number of anilines is 2. The second kappa shape index (κ2) is 8.78. The third kappa shape index (κ3) is 3.86. The summed E-state index contributed by atoms with van der Waals surface area (Å²) in [4.78, 5) is 29.1. The number of halogens is 1. The van der Waals surface area contributed by atoms with Crippen molar-refractivity contribution in [3.8, 4) is 0 Å². The van der Waals surface area contributed by atoms with Gasteiger partial charge in [0, 0.05) is 10.6 Å². The number of rotatable bonds is 6. The van der Waals surface area contributed by atoms with Gasteiger partial charge in [-0.25, -0.2) is 4.90 Å². The average molecular weight is 435 g/mol. The first-order valence-corrected chi connectivity index (χ1v) is 10.7. The van der Waals surface area contributed by atoms with E-state index in [0.29, 0.717) is 15.6 Å².